The van der Waals surface area contributed by atoms with Gasteiger partial charge in [-0.05, 0) is 32.4 Å². The Morgan fingerprint density at radius 1 is 1.11 bits per heavy atom. The van der Waals surface area contributed by atoms with Gasteiger partial charge >= 0.3 is 0 Å². The summed E-state index contributed by atoms with van der Waals surface area (Å²) in [5.74, 6) is 0.774. The van der Waals surface area contributed by atoms with E-state index in [1.165, 1.54) is 52.1 Å². The molecule has 1 atom stereocenters. The minimum absolute atomic E-state index is 0.247. The van der Waals surface area contributed by atoms with E-state index in [-0.39, 0.29) is 5.54 Å². The van der Waals surface area contributed by atoms with Crippen LogP contribution in [0.4, 0.5) is 0 Å². The maximum atomic E-state index is 6.16. The number of nitrogens with zero attached hydrogens (tertiary/aromatic N) is 3. The molecule has 2 rings (SSSR count). The standard InChI is InChI=1S/C15H32N4/c1-14(2)11-18-7-9-19(10-8-18)15(12-16)5-4-6-17(3)13-15/h14H,4-13,16H2,1-3H3. The maximum absolute atomic E-state index is 6.16. The molecule has 2 saturated heterocycles. The molecule has 0 aromatic carbocycles. The Bertz CT molecular complexity index is 273. The first-order valence-electron chi connectivity index (χ1n) is 7.92. The second-order valence-electron chi connectivity index (χ2n) is 6.95. The summed E-state index contributed by atoms with van der Waals surface area (Å²) in [6, 6.07) is 0. The fourth-order valence-corrected chi connectivity index (χ4v) is 3.81. The van der Waals surface area contributed by atoms with Crippen molar-refractivity contribution in [2.24, 2.45) is 11.7 Å². The molecule has 0 aromatic rings. The van der Waals surface area contributed by atoms with Crippen LogP contribution in [0.1, 0.15) is 26.7 Å². The smallest absolute Gasteiger partial charge is 0.0459 e. The average Bonchev–Trinajstić information content (AvgIpc) is 2.38. The molecular weight excluding hydrogens is 236 g/mol. The van der Waals surface area contributed by atoms with Gasteiger partial charge in [0.05, 0.1) is 0 Å². The van der Waals surface area contributed by atoms with Gasteiger partial charge in [-0.2, -0.15) is 0 Å². The second kappa shape index (κ2) is 6.53. The Morgan fingerprint density at radius 3 is 2.32 bits per heavy atom. The van der Waals surface area contributed by atoms with Gasteiger partial charge in [0.2, 0.25) is 0 Å². The molecule has 0 amide bonds. The number of likely N-dealkylation sites (N-methyl/N-ethyl adjacent to an activating group) is 1. The first-order valence-corrected chi connectivity index (χ1v) is 7.92. The number of nitrogens with two attached hydrogens (primary N) is 1. The summed E-state index contributed by atoms with van der Waals surface area (Å²) in [5, 5.41) is 0. The fourth-order valence-electron chi connectivity index (χ4n) is 3.81. The molecule has 4 heteroatoms. The van der Waals surface area contributed by atoms with Crippen molar-refractivity contribution in [2.45, 2.75) is 32.2 Å². The van der Waals surface area contributed by atoms with E-state index in [1.807, 2.05) is 0 Å². The summed E-state index contributed by atoms with van der Waals surface area (Å²) >= 11 is 0. The highest BCUT2D eigenvalue weighted by atomic mass is 15.3. The topological polar surface area (TPSA) is 35.7 Å². The number of likely N-dealkylation sites (tertiary alicyclic amines) is 1. The zero-order chi connectivity index (χ0) is 13.9. The third kappa shape index (κ3) is 3.69. The van der Waals surface area contributed by atoms with Gasteiger partial charge in [-0.1, -0.05) is 13.8 Å². The van der Waals surface area contributed by atoms with Crippen LogP contribution in [0, 0.1) is 5.92 Å². The van der Waals surface area contributed by atoms with Gasteiger partial charge in [0.15, 0.2) is 0 Å². The highest BCUT2D eigenvalue weighted by Gasteiger charge is 2.39. The molecule has 0 bridgehead atoms. The van der Waals surface area contributed by atoms with Crippen molar-refractivity contribution in [3.05, 3.63) is 0 Å². The molecule has 0 radical (unpaired) electrons. The number of piperidine rings is 1. The summed E-state index contributed by atoms with van der Waals surface area (Å²) in [4.78, 5) is 7.74. The molecule has 0 spiro atoms. The van der Waals surface area contributed by atoms with Gasteiger partial charge in [-0.25, -0.2) is 0 Å². The summed E-state index contributed by atoms with van der Waals surface area (Å²) in [6.45, 7) is 13.9. The van der Waals surface area contributed by atoms with Crippen molar-refractivity contribution in [1.82, 2.24) is 14.7 Å². The fraction of sp³-hybridized carbons (Fsp3) is 1.00. The van der Waals surface area contributed by atoms with E-state index in [9.17, 15) is 0 Å². The molecule has 0 saturated carbocycles. The monoisotopic (exact) mass is 268 g/mol. The van der Waals surface area contributed by atoms with Crippen molar-refractivity contribution in [3.63, 3.8) is 0 Å². The second-order valence-corrected chi connectivity index (χ2v) is 6.95. The van der Waals surface area contributed by atoms with Gasteiger partial charge in [0.1, 0.15) is 0 Å². The highest BCUT2D eigenvalue weighted by molar-refractivity contribution is 4.98. The molecule has 2 aliphatic heterocycles. The predicted molar refractivity (Wildman–Crippen MR) is 81.4 cm³/mol. The Morgan fingerprint density at radius 2 is 1.79 bits per heavy atom. The predicted octanol–water partition coefficient (Wildman–Crippen LogP) is 0.683. The van der Waals surface area contributed by atoms with E-state index in [0.29, 0.717) is 0 Å². The van der Waals surface area contributed by atoms with Crippen LogP contribution in [0.15, 0.2) is 0 Å². The lowest BCUT2D eigenvalue weighted by molar-refractivity contribution is -0.00869. The van der Waals surface area contributed by atoms with Crippen LogP contribution in [-0.2, 0) is 0 Å². The van der Waals surface area contributed by atoms with Gasteiger partial charge in [-0.3, -0.25) is 4.90 Å². The minimum Gasteiger partial charge on any atom is -0.329 e. The molecule has 2 N–H and O–H groups in total. The Hall–Kier alpha value is -0.160. The quantitative estimate of drug-likeness (QED) is 0.813. The van der Waals surface area contributed by atoms with Gasteiger partial charge in [0.25, 0.3) is 0 Å². The van der Waals surface area contributed by atoms with Crippen molar-refractivity contribution in [2.75, 3.05) is 59.4 Å². The molecule has 19 heavy (non-hydrogen) atoms. The molecule has 0 aliphatic carbocycles. The SMILES string of the molecule is CC(C)CN1CCN(C2(CN)CCCN(C)C2)CC1. The first-order chi connectivity index (χ1) is 9.05. The van der Waals surface area contributed by atoms with Crippen LogP contribution in [0.25, 0.3) is 0 Å². The lowest BCUT2D eigenvalue weighted by Gasteiger charge is -2.51. The molecule has 2 aliphatic rings. The molecule has 2 heterocycles. The van der Waals surface area contributed by atoms with Crippen molar-refractivity contribution in [3.8, 4) is 0 Å². The van der Waals surface area contributed by atoms with Gasteiger partial charge in [0, 0.05) is 51.4 Å². The summed E-state index contributed by atoms with van der Waals surface area (Å²) < 4.78 is 0. The van der Waals surface area contributed by atoms with Gasteiger partial charge < -0.3 is 15.5 Å². The summed E-state index contributed by atoms with van der Waals surface area (Å²) in [5.41, 5.74) is 6.41. The van der Waals surface area contributed by atoms with Crippen LogP contribution in [0.5, 0.6) is 0 Å². The Kier molecular flexibility index (Phi) is 5.23. The van der Waals surface area contributed by atoms with Crippen molar-refractivity contribution < 1.29 is 0 Å². The highest BCUT2D eigenvalue weighted by Crippen LogP contribution is 2.27. The van der Waals surface area contributed by atoms with E-state index in [0.717, 1.165) is 19.0 Å². The van der Waals surface area contributed by atoms with E-state index >= 15 is 0 Å². The lowest BCUT2D eigenvalue weighted by Crippen LogP contribution is -2.65. The lowest BCUT2D eigenvalue weighted by atomic mass is 9.86. The van der Waals surface area contributed by atoms with Crippen molar-refractivity contribution >= 4 is 0 Å². The molecule has 1 unspecified atom stereocenters. The zero-order valence-corrected chi connectivity index (χ0v) is 13.1. The molecular formula is C15H32N4. The van der Waals surface area contributed by atoms with Crippen LogP contribution < -0.4 is 5.73 Å². The average molecular weight is 268 g/mol. The van der Waals surface area contributed by atoms with E-state index in [2.05, 4.69) is 35.6 Å². The largest absolute Gasteiger partial charge is 0.329 e. The van der Waals surface area contributed by atoms with Crippen LogP contribution in [0.2, 0.25) is 0 Å². The summed E-state index contributed by atoms with van der Waals surface area (Å²) in [6.07, 6.45) is 2.57. The zero-order valence-electron chi connectivity index (χ0n) is 13.1. The Balaban J connectivity index is 1.91. The van der Waals surface area contributed by atoms with E-state index in [4.69, 9.17) is 5.73 Å². The van der Waals surface area contributed by atoms with Crippen molar-refractivity contribution in [1.29, 1.82) is 0 Å². The first kappa shape index (κ1) is 15.2. The molecule has 4 nitrogen and oxygen atoms in total. The third-order valence-corrected chi connectivity index (χ3v) is 4.79. The number of hydrogen-bond acceptors (Lipinski definition) is 4. The minimum atomic E-state index is 0.247. The molecule has 0 aromatic heterocycles. The third-order valence-electron chi connectivity index (χ3n) is 4.79. The van der Waals surface area contributed by atoms with Crippen LogP contribution in [-0.4, -0.2) is 79.6 Å². The molecule has 2 fully saturated rings. The van der Waals surface area contributed by atoms with E-state index < -0.39 is 0 Å². The normalized spacial score (nSPS) is 32.1. The Labute approximate surface area is 118 Å². The van der Waals surface area contributed by atoms with Gasteiger partial charge in [-0.15, -0.1) is 0 Å². The molecule has 112 valence electrons. The number of hydrogen-bond donors (Lipinski definition) is 1. The van der Waals surface area contributed by atoms with Crippen LogP contribution >= 0.6 is 0 Å². The number of rotatable bonds is 4. The number of piperazine rings is 1. The maximum Gasteiger partial charge on any atom is 0.0459 e. The summed E-state index contributed by atoms with van der Waals surface area (Å²) in [7, 11) is 2.23. The van der Waals surface area contributed by atoms with Crippen LogP contribution in [0.3, 0.4) is 0 Å². The van der Waals surface area contributed by atoms with E-state index in [1.54, 1.807) is 0 Å².